The molecule has 0 saturated heterocycles. The molecule has 0 aliphatic carbocycles. The summed E-state index contributed by atoms with van der Waals surface area (Å²) >= 11 is -6.02. The van der Waals surface area contributed by atoms with E-state index in [4.69, 9.17) is 14.3 Å². The summed E-state index contributed by atoms with van der Waals surface area (Å²) in [6.07, 6.45) is 0. The van der Waals surface area contributed by atoms with Crippen molar-refractivity contribution in [3.05, 3.63) is 0 Å². The van der Waals surface area contributed by atoms with Crippen LogP contribution in [0.25, 0.3) is 0 Å². The van der Waals surface area contributed by atoms with Gasteiger partial charge < -0.3 is 50.6 Å². The summed E-state index contributed by atoms with van der Waals surface area (Å²) in [7, 11) is 0. The summed E-state index contributed by atoms with van der Waals surface area (Å²) in [6.45, 7) is 0. The molecule has 0 bridgehead atoms. The molecule has 0 aromatic heterocycles. The van der Waals surface area contributed by atoms with Crippen molar-refractivity contribution < 1.29 is 69.4 Å². The van der Waals surface area contributed by atoms with Crippen molar-refractivity contribution in [2.24, 2.45) is 0 Å². The SMILES string of the molecule is O.O.O.O.O.O.O.[NH4+].[NH4+].[O]=[Mo](=[O])([O-])[O-]. The van der Waals surface area contributed by atoms with E-state index in [-0.39, 0.29) is 50.6 Å². The number of quaternary nitrogens is 2. The molecule has 0 radical (unpaired) electrons. The molecule has 0 aliphatic heterocycles. The van der Waals surface area contributed by atoms with Crippen LogP contribution in [0.4, 0.5) is 0 Å². The van der Waals surface area contributed by atoms with Crippen molar-refractivity contribution in [2.75, 3.05) is 0 Å². The predicted octanol–water partition coefficient (Wildman–Crippen LogP) is -7.64. The van der Waals surface area contributed by atoms with E-state index in [1.54, 1.807) is 0 Å². The number of hydrogen-bond donors (Lipinski definition) is 2. The van der Waals surface area contributed by atoms with Crippen molar-refractivity contribution in [1.29, 1.82) is 0 Å². The third kappa shape index (κ3) is 60600. The van der Waals surface area contributed by atoms with Crippen LogP contribution in [0.5, 0.6) is 0 Å². The minimum absolute atomic E-state index is 0. The van der Waals surface area contributed by atoms with Crippen LogP contribution in [-0.2, 0) is 23.5 Å². The molecule has 104 valence electrons. The van der Waals surface area contributed by atoms with E-state index in [2.05, 4.69) is 0 Å². The summed E-state index contributed by atoms with van der Waals surface area (Å²) in [5.74, 6) is 0. The van der Waals surface area contributed by atoms with Crippen LogP contribution >= 0.6 is 0 Å². The molecule has 0 rings (SSSR count). The van der Waals surface area contributed by atoms with Crippen LogP contribution in [0.3, 0.4) is 0 Å². The molecule has 0 spiro atoms. The monoisotopic (exact) mass is 324 g/mol. The summed E-state index contributed by atoms with van der Waals surface area (Å²) < 4.78 is 34.5. The van der Waals surface area contributed by atoms with Crippen LogP contribution in [0.1, 0.15) is 0 Å². The van der Waals surface area contributed by atoms with Gasteiger partial charge in [0, 0.05) is 0 Å². The summed E-state index contributed by atoms with van der Waals surface area (Å²) in [5, 5.41) is 0. The molecular formula is H22MoN2O11. The zero-order valence-electron chi connectivity index (χ0n) is 7.54. The quantitative estimate of drug-likeness (QED) is 0.409. The average Bonchev–Trinajstić information content (AvgIpc) is 0.722. The van der Waals surface area contributed by atoms with Gasteiger partial charge in [-0.1, -0.05) is 0 Å². The second-order valence-electron chi connectivity index (χ2n) is 0.408. The molecular weight excluding hydrogens is 300 g/mol. The molecule has 0 amide bonds. The summed E-state index contributed by atoms with van der Waals surface area (Å²) in [6, 6.07) is 0. The molecule has 0 unspecified atom stereocenters. The predicted molar refractivity (Wildman–Crippen MR) is 38.6 cm³/mol. The zero-order chi connectivity index (χ0) is 4.50. The van der Waals surface area contributed by atoms with Crippen LogP contribution in [0.2, 0.25) is 0 Å². The maximum absolute atomic E-state index is 8.63. The fraction of sp³-hybridized carbons (Fsp3) is 0. The Morgan fingerprint density at radius 2 is 0.571 bits per heavy atom. The van der Waals surface area contributed by atoms with Gasteiger partial charge in [0.25, 0.3) is 0 Å². The van der Waals surface area contributed by atoms with Gasteiger partial charge in [-0.25, -0.2) is 0 Å². The Kier molecular flexibility index (Phi) is 581. The Morgan fingerprint density at radius 3 is 0.571 bits per heavy atom. The molecule has 0 atom stereocenters. The van der Waals surface area contributed by atoms with Gasteiger partial charge in [0.15, 0.2) is 0 Å². The van der Waals surface area contributed by atoms with E-state index in [0.717, 1.165) is 0 Å². The average molecular weight is 322 g/mol. The van der Waals surface area contributed by atoms with Gasteiger partial charge >= 0.3 is 31.1 Å². The van der Waals surface area contributed by atoms with E-state index >= 15 is 0 Å². The first kappa shape index (κ1) is 154. The molecule has 0 heterocycles. The Hall–Kier alpha value is -0.152. The van der Waals surface area contributed by atoms with Gasteiger partial charge in [0.05, 0.1) is 0 Å². The van der Waals surface area contributed by atoms with E-state index in [1.165, 1.54) is 0 Å². The maximum atomic E-state index is 8.63. The molecule has 14 heavy (non-hydrogen) atoms. The molecule has 14 heteroatoms. The Morgan fingerprint density at radius 1 is 0.571 bits per heavy atom. The van der Waals surface area contributed by atoms with Gasteiger partial charge in [-0.3, -0.25) is 0 Å². The van der Waals surface area contributed by atoms with Crippen molar-refractivity contribution >= 4 is 0 Å². The van der Waals surface area contributed by atoms with Crippen LogP contribution < -0.4 is 19.8 Å². The standard InChI is InChI=1S/Mo.2H3N.7H2O.4O/h;2*1H3;7*1H2;;;;/q;;;;;;;;;;;;2*-1/p+2. The molecule has 0 saturated carbocycles. The molecule has 0 fully saturated rings. The third-order valence-corrected chi connectivity index (χ3v) is 0. The van der Waals surface area contributed by atoms with Gasteiger partial charge in [-0.05, 0) is 0 Å². The fourth-order valence-corrected chi connectivity index (χ4v) is 0. The fourth-order valence-electron chi connectivity index (χ4n) is 0. The van der Waals surface area contributed by atoms with E-state index < -0.39 is 16.7 Å². The van der Waals surface area contributed by atoms with Crippen molar-refractivity contribution in [1.82, 2.24) is 12.3 Å². The number of hydrogen-bond acceptors (Lipinski definition) is 4. The first-order chi connectivity index (χ1) is 2.00. The third-order valence-electron chi connectivity index (χ3n) is 0. The summed E-state index contributed by atoms with van der Waals surface area (Å²) in [5.41, 5.74) is 0. The van der Waals surface area contributed by atoms with Gasteiger partial charge in [-0.2, -0.15) is 0 Å². The van der Waals surface area contributed by atoms with Gasteiger partial charge in [-0.15, -0.1) is 0 Å². The Bertz CT molecular complexity index is 96.5. The van der Waals surface area contributed by atoms with E-state index in [1.807, 2.05) is 0 Å². The van der Waals surface area contributed by atoms with Gasteiger partial charge in [0.2, 0.25) is 0 Å². The van der Waals surface area contributed by atoms with Crippen molar-refractivity contribution in [3.8, 4) is 0 Å². The van der Waals surface area contributed by atoms with Crippen molar-refractivity contribution in [3.63, 3.8) is 0 Å². The molecule has 0 aromatic rings. The Balaban J connectivity index is -0.00000000222. The molecule has 0 aromatic carbocycles. The second kappa shape index (κ2) is 52.7. The first-order valence-corrected chi connectivity index (χ1v) is 3.94. The number of rotatable bonds is 0. The van der Waals surface area contributed by atoms with Crippen molar-refractivity contribution in [2.45, 2.75) is 0 Å². The van der Waals surface area contributed by atoms with E-state index in [9.17, 15) is 0 Å². The van der Waals surface area contributed by atoms with Gasteiger partial charge in [0.1, 0.15) is 0 Å². The molecule has 22 N–H and O–H groups in total. The molecule has 13 nitrogen and oxygen atoms in total. The topological polar surface area (TPSA) is 374 Å². The Labute approximate surface area is 82.4 Å². The van der Waals surface area contributed by atoms with Crippen LogP contribution in [0, 0.1) is 0 Å². The van der Waals surface area contributed by atoms with E-state index in [0.29, 0.717) is 0 Å². The second-order valence-corrected chi connectivity index (χ2v) is 2.42. The van der Waals surface area contributed by atoms with Crippen LogP contribution in [-0.4, -0.2) is 38.3 Å². The zero-order valence-corrected chi connectivity index (χ0v) is 9.55. The minimum atomic E-state index is -6.02. The normalized spacial score (nSPS) is 4.14. The van der Waals surface area contributed by atoms with Crippen LogP contribution in [0.15, 0.2) is 0 Å². The summed E-state index contributed by atoms with van der Waals surface area (Å²) in [4.78, 5) is 0. The molecule has 0 aliphatic rings. The first-order valence-electron chi connectivity index (χ1n) is 0.667.